The molecular formula is C17H21N3O2S. The van der Waals surface area contributed by atoms with Crippen LogP contribution in [0.3, 0.4) is 0 Å². The number of carbonyl (C=O) groups is 1. The predicted molar refractivity (Wildman–Crippen MR) is 92.2 cm³/mol. The van der Waals surface area contributed by atoms with Gasteiger partial charge >= 0.3 is 0 Å². The van der Waals surface area contributed by atoms with Gasteiger partial charge in [0.2, 0.25) is 0 Å². The van der Waals surface area contributed by atoms with E-state index in [0.29, 0.717) is 6.54 Å². The monoisotopic (exact) mass is 331 g/mol. The summed E-state index contributed by atoms with van der Waals surface area (Å²) in [5, 5.41) is 10.2. The van der Waals surface area contributed by atoms with Crippen LogP contribution in [0, 0.1) is 6.92 Å². The van der Waals surface area contributed by atoms with E-state index in [0.717, 1.165) is 47.3 Å². The number of piperazine rings is 1. The number of phenols is 1. The van der Waals surface area contributed by atoms with Crippen LogP contribution in [0.15, 0.2) is 24.3 Å². The molecule has 2 heterocycles. The van der Waals surface area contributed by atoms with Gasteiger partial charge in [-0.3, -0.25) is 9.69 Å². The second-order valence-electron chi connectivity index (χ2n) is 5.98. The fraction of sp³-hybridized carbons (Fsp3) is 0.412. The third kappa shape index (κ3) is 3.77. The molecule has 1 aliphatic heterocycles. The normalized spacial score (nSPS) is 16.6. The predicted octanol–water partition coefficient (Wildman–Crippen LogP) is 2.25. The Morgan fingerprint density at radius 3 is 2.52 bits per heavy atom. The molecule has 3 rings (SSSR count). The van der Waals surface area contributed by atoms with Gasteiger partial charge in [-0.25, -0.2) is 4.98 Å². The first-order valence-corrected chi connectivity index (χ1v) is 8.55. The van der Waals surface area contributed by atoms with Gasteiger partial charge in [-0.1, -0.05) is 0 Å². The zero-order valence-corrected chi connectivity index (χ0v) is 14.3. The summed E-state index contributed by atoms with van der Waals surface area (Å²) in [5.74, 6) is 0.378. The van der Waals surface area contributed by atoms with Crippen LogP contribution in [0.2, 0.25) is 0 Å². The number of benzene rings is 1. The fourth-order valence-corrected chi connectivity index (χ4v) is 3.67. The van der Waals surface area contributed by atoms with Crippen LogP contribution in [0.25, 0.3) is 10.6 Å². The molecule has 1 aromatic carbocycles. The van der Waals surface area contributed by atoms with Gasteiger partial charge in [0.1, 0.15) is 10.8 Å². The van der Waals surface area contributed by atoms with Gasteiger partial charge in [0.05, 0.1) is 17.1 Å². The smallest absolute Gasteiger partial charge is 0.188 e. The number of aromatic hydroxyl groups is 1. The highest BCUT2D eigenvalue weighted by Crippen LogP contribution is 2.29. The van der Waals surface area contributed by atoms with Crippen molar-refractivity contribution in [1.82, 2.24) is 14.8 Å². The molecule has 23 heavy (non-hydrogen) atoms. The minimum atomic E-state index is 0.148. The van der Waals surface area contributed by atoms with E-state index < -0.39 is 0 Å². The molecule has 1 fully saturated rings. The Kier molecular flexibility index (Phi) is 4.75. The number of hydrogen-bond acceptors (Lipinski definition) is 6. The Morgan fingerprint density at radius 2 is 1.87 bits per heavy atom. The number of thiazole rings is 1. The molecule has 5 nitrogen and oxygen atoms in total. The lowest BCUT2D eigenvalue weighted by Gasteiger charge is -2.31. The Balaban J connectivity index is 1.72. The van der Waals surface area contributed by atoms with E-state index in [-0.39, 0.29) is 11.5 Å². The molecule has 0 spiro atoms. The molecule has 1 aromatic heterocycles. The second-order valence-corrected chi connectivity index (χ2v) is 6.98. The molecule has 0 bridgehead atoms. The van der Waals surface area contributed by atoms with Crippen LogP contribution < -0.4 is 0 Å². The van der Waals surface area contributed by atoms with E-state index in [2.05, 4.69) is 21.8 Å². The molecule has 1 saturated heterocycles. The summed E-state index contributed by atoms with van der Waals surface area (Å²) in [6.45, 7) is 6.24. The van der Waals surface area contributed by atoms with Crippen LogP contribution in [0.5, 0.6) is 5.75 Å². The van der Waals surface area contributed by atoms with Crippen LogP contribution >= 0.6 is 11.3 Å². The highest BCUT2D eigenvalue weighted by Gasteiger charge is 2.21. The Hall–Kier alpha value is -1.76. The van der Waals surface area contributed by atoms with Gasteiger partial charge in [-0.2, -0.15) is 0 Å². The maximum atomic E-state index is 12.6. The van der Waals surface area contributed by atoms with Crippen molar-refractivity contribution in [2.45, 2.75) is 6.92 Å². The molecule has 0 radical (unpaired) electrons. The standard InChI is InChI=1S/C17H21N3O2S/c1-12-16(15(22)11-20-9-7-19(2)8-10-20)23-17(18-12)13-3-5-14(21)6-4-13/h3-6,21H,7-11H2,1-2H3. The van der Waals surface area contributed by atoms with E-state index in [9.17, 15) is 9.90 Å². The van der Waals surface area contributed by atoms with Crippen molar-refractivity contribution in [2.24, 2.45) is 0 Å². The molecule has 0 atom stereocenters. The topological polar surface area (TPSA) is 56.7 Å². The van der Waals surface area contributed by atoms with Crippen molar-refractivity contribution in [3.8, 4) is 16.3 Å². The number of likely N-dealkylation sites (N-methyl/N-ethyl adjacent to an activating group) is 1. The molecule has 1 aliphatic rings. The van der Waals surface area contributed by atoms with Crippen molar-refractivity contribution in [2.75, 3.05) is 39.8 Å². The van der Waals surface area contributed by atoms with E-state index in [1.54, 1.807) is 12.1 Å². The number of aryl methyl sites for hydroxylation is 1. The third-order valence-corrected chi connectivity index (χ3v) is 5.37. The minimum absolute atomic E-state index is 0.148. The summed E-state index contributed by atoms with van der Waals surface area (Å²) >= 11 is 1.44. The lowest BCUT2D eigenvalue weighted by Crippen LogP contribution is -2.46. The van der Waals surface area contributed by atoms with E-state index in [1.165, 1.54) is 11.3 Å². The lowest BCUT2D eigenvalue weighted by molar-refractivity contribution is 0.0879. The number of Topliss-reactive ketones (excluding diaryl/α,β-unsaturated/α-hetero) is 1. The average molecular weight is 331 g/mol. The quantitative estimate of drug-likeness (QED) is 0.871. The van der Waals surface area contributed by atoms with Gasteiger partial charge in [-0.15, -0.1) is 11.3 Å². The zero-order valence-electron chi connectivity index (χ0n) is 13.5. The van der Waals surface area contributed by atoms with Gasteiger partial charge in [0.25, 0.3) is 0 Å². The lowest BCUT2D eigenvalue weighted by atomic mass is 10.2. The third-order valence-electron chi connectivity index (χ3n) is 4.13. The van der Waals surface area contributed by atoms with Crippen molar-refractivity contribution < 1.29 is 9.90 Å². The molecule has 0 aliphatic carbocycles. The molecule has 1 N–H and O–H groups in total. The van der Waals surface area contributed by atoms with Crippen molar-refractivity contribution in [3.63, 3.8) is 0 Å². The summed E-state index contributed by atoms with van der Waals surface area (Å²) in [5.41, 5.74) is 1.71. The van der Waals surface area contributed by atoms with E-state index in [1.807, 2.05) is 19.1 Å². The minimum Gasteiger partial charge on any atom is -0.508 e. The van der Waals surface area contributed by atoms with Crippen molar-refractivity contribution in [3.05, 3.63) is 34.8 Å². The number of phenolic OH excluding ortho intramolecular Hbond substituents is 1. The first-order valence-electron chi connectivity index (χ1n) is 7.74. The number of hydrogen-bond donors (Lipinski definition) is 1. The van der Waals surface area contributed by atoms with Crippen LogP contribution in [0.4, 0.5) is 0 Å². The number of carbonyl (C=O) groups excluding carboxylic acids is 1. The van der Waals surface area contributed by atoms with Gasteiger partial charge < -0.3 is 10.0 Å². The fourth-order valence-electron chi connectivity index (χ4n) is 2.66. The summed E-state index contributed by atoms with van der Waals surface area (Å²) < 4.78 is 0. The summed E-state index contributed by atoms with van der Waals surface area (Å²) in [4.78, 5) is 22.3. The van der Waals surface area contributed by atoms with E-state index >= 15 is 0 Å². The maximum absolute atomic E-state index is 12.6. The first kappa shape index (κ1) is 16.1. The number of ketones is 1. The highest BCUT2D eigenvalue weighted by atomic mass is 32.1. The number of nitrogens with zero attached hydrogens (tertiary/aromatic N) is 3. The number of rotatable bonds is 4. The summed E-state index contributed by atoms with van der Waals surface area (Å²) in [6.07, 6.45) is 0. The Labute approximate surface area is 140 Å². The van der Waals surface area contributed by atoms with Crippen LogP contribution in [0.1, 0.15) is 15.4 Å². The molecular weight excluding hydrogens is 310 g/mol. The Bertz CT molecular complexity index is 688. The largest absolute Gasteiger partial charge is 0.508 e. The maximum Gasteiger partial charge on any atom is 0.188 e. The SMILES string of the molecule is Cc1nc(-c2ccc(O)cc2)sc1C(=O)CN1CCN(C)CC1. The Morgan fingerprint density at radius 1 is 1.22 bits per heavy atom. The van der Waals surface area contributed by atoms with E-state index in [4.69, 9.17) is 0 Å². The molecule has 0 unspecified atom stereocenters. The van der Waals surface area contributed by atoms with Crippen molar-refractivity contribution in [1.29, 1.82) is 0 Å². The zero-order chi connectivity index (χ0) is 16.4. The van der Waals surface area contributed by atoms with Gasteiger partial charge in [0, 0.05) is 31.7 Å². The van der Waals surface area contributed by atoms with Gasteiger partial charge in [0.15, 0.2) is 5.78 Å². The second kappa shape index (κ2) is 6.78. The first-order chi connectivity index (χ1) is 11.0. The molecule has 0 saturated carbocycles. The van der Waals surface area contributed by atoms with Crippen LogP contribution in [-0.2, 0) is 0 Å². The average Bonchev–Trinajstić information content (AvgIpc) is 2.92. The molecule has 2 aromatic rings. The van der Waals surface area contributed by atoms with Crippen molar-refractivity contribution >= 4 is 17.1 Å². The molecule has 0 amide bonds. The highest BCUT2D eigenvalue weighted by molar-refractivity contribution is 7.17. The molecule has 122 valence electrons. The summed E-state index contributed by atoms with van der Waals surface area (Å²) in [6, 6.07) is 6.92. The van der Waals surface area contributed by atoms with Gasteiger partial charge in [-0.05, 0) is 38.2 Å². The van der Waals surface area contributed by atoms with Crippen LogP contribution in [-0.4, -0.2) is 65.4 Å². The number of aromatic nitrogens is 1. The summed E-state index contributed by atoms with van der Waals surface area (Å²) in [7, 11) is 2.11. The molecule has 6 heteroatoms.